The van der Waals surface area contributed by atoms with E-state index in [9.17, 15) is 0 Å². The van der Waals surface area contributed by atoms with E-state index >= 15 is 4.39 Å². The first-order chi connectivity index (χ1) is 12.1. The Bertz CT molecular complexity index is 820. The Morgan fingerprint density at radius 2 is 1.40 bits per heavy atom. The van der Waals surface area contributed by atoms with Crippen LogP contribution in [0.15, 0.2) is 90.4 Å². The average Bonchev–Trinajstić information content (AvgIpc) is 2.68. The van der Waals surface area contributed by atoms with E-state index in [1.54, 1.807) is 13.2 Å². The molecule has 0 saturated heterocycles. The van der Waals surface area contributed by atoms with Gasteiger partial charge in [-0.15, -0.1) is 0 Å². The van der Waals surface area contributed by atoms with Crippen LogP contribution in [0, 0.1) is 0 Å². The maximum Gasteiger partial charge on any atom is 0.181 e. The maximum atomic E-state index is 15.6. The standard InChI is InChI=1S/C22H21FOSi/c1-24-19-11-9-10-18(16-19)17-22(23)25(2,20-12-5-3-6-13-20)21-14-7-4-8-15-21/h3-17H,1-2H3/b22-17+. The second-order valence-corrected chi connectivity index (χ2v) is 10.0. The van der Waals surface area contributed by atoms with Crippen LogP contribution in [0.5, 0.6) is 5.75 Å². The van der Waals surface area contributed by atoms with Gasteiger partial charge in [-0.3, -0.25) is 0 Å². The fourth-order valence-electron chi connectivity index (χ4n) is 3.01. The summed E-state index contributed by atoms with van der Waals surface area (Å²) in [5.74, 6) is 0.726. The predicted molar refractivity (Wildman–Crippen MR) is 106 cm³/mol. The molecule has 0 aliphatic rings. The summed E-state index contributed by atoms with van der Waals surface area (Å²) >= 11 is 0. The van der Waals surface area contributed by atoms with Crippen molar-refractivity contribution in [3.05, 3.63) is 95.9 Å². The van der Waals surface area contributed by atoms with E-state index in [-0.39, 0.29) is 5.45 Å². The molecule has 0 fully saturated rings. The monoisotopic (exact) mass is 348 g/mol. The molecule has 3 rings (SSSR count). The van der Waals surface area contributed by atoms with Crippen LogP contribution < -0.4 is 15.1 Å². The minimum atomic E-state index is -2.66. The van der Waals surface area contributed by atoms with E-state index in [0.717, 1.165) is 21.7 Å². The largest absolute Gasteiger partial charge is 0.497 e. The van der Waals surface area contributed by atoms with Crippen molar-refractivity contribution in [2.45, 2.75) is 6.55 Å². The van der Waals surface area contributed by atoms with E-state index in [4.69, 9.17) is 4.74 Å². The molecule has 0 spiro atoms. The van der Waals surface area contributed by atoms with Crippen molar-refractivity contribution in [3.63, 3.8) is 0 Å². The maximum absolute atomic E-state index is 15.6. The molecular formula is C22H21FOSi. The third-order valence-electron chi connectivity index (χ3n) is 4.57. The van der Waals surface area contributed by atoms with Gasteiger partial charge in [0.05, 0.1) is 12.6 Å². The van der Waals surface area contributed by atoms with E-state index in [1.807, 2.05) is 84.9 Å². The van der Waals surface area contributed by atoms with Crippen molar-refractivity contribution in [1.29, 1.82) is 0 Å². The highest BCUT2D eigenvalue weighted by molar-refractivity contribution is 7.06. The Labute approximate surface area is 149 Å². The molecule has 0 bridgehead atoms. The van der Waals surface area contributed by atoms with E-state index in [2.05, 4.69) is 6.55 Å². The van der Waals surface area contributed by atoms with Crippen molar-refractivity contribution in [2.24, 2.45) is 0 Å². The molecule has 0 aliphatic carbocycles. The third-order valence-corrected chi connectivity index (χ3v) is 8.64. The van der Waals surface area contributed by atoms with Gasteiger partial charge >= 0.3 is 0 Å². The molecule has 0 atom stereocenters. The summed E-state index contributed by atoms with van der Waals surface area (Å²) < 4.78 is 20.9. The van der Waals surface area contributed by atoms with Crippen LogP contribution in [0.25, 0.3) is 6.08 Å². The summed E-state index contributed by atoms with van der Waals surface area (Å²) in [5.41, 5.74) is 0.737. The molecule has 0 amide bonds. The molecular weight excluding hydrogens is 327 g/mol. The molecule has 126 valence electrons. The molecule has 0 radical (unpaired) electrons. The molecule has 3 aromatic rings. The SMILES string of the molecule is COc1cccc(/C=C(\F)[Si](C)(c2ccccc2)c2ccccc2)c1. The van der Waals surface area contributed by atoms with Crippen LogP contribution in [0.2, 0.25) is 6.55 Å². The van der Waals surface area contributed by atoms with Gasteiger partial charge in [0.15, 0.2) is 8.07 Å². The first-order valence-electron chi connectivity index (χ1n) is 8.27. The molecule has 25 heavy (non-hydrogen) atoms. The van der Waals surface area contributed by atoms with Crippen molar-refractivity contribution in [2.75, 3.05) is 7.11 Å². The lowest BCUT2D eigenvalue weighted by molar-refractivity contribution is 0.414. The molecule has 0 heterocycles. The molecule has 0 unspecified atom stereocenters. The summed E-state index contributed by atoms with van der Waals surface area (Å²) in [6.45, 7) is 2.06. The van der Waals surface area contributed by atoms with Crippen molar-refractivity contribution >= 4 is 24.5 Å². The van der Waals surface area contributed by atoms with Gasteiger partial charge in [0.2, 0.25) is 0 Å². The Kier molecular flexibility index (Phi) is 5.15. The molecule has 0 aliphatic heterocycles. The summed E-state index contributed by atoms with van der Waals surface area (Å²) in [7, 11) is -1.04. The number of benzene rings is 3. The Morgan fingerprint density at radius 3 is 1.92 bits per heavy atom. The highest BCUT2D eigenvalue weighted by Crippen LogP contribution is 2.22. The van der Waals surface area contributed by atoms with Crippen LogP contribution in [0.3, 0.4) is 0 Å². The number of hydrogen-bond acceptors (Lipinski definition) is 1. The van der Waals surface area contributed by atoms with Gasteiger partial charge in [-0.25, -0.2) is 4.39 Å². The number of halogens is 1. The molecule has 0 aromatic heterocycles. The normalized spacial score (nSPS) is 12.0. The number of methoxy groups -OCH3 is 1. The lowest BCUT2D eigenvalue weighted by Crippen LogP contribution is -2.56. The summed E-state index contributed by atoms with van der Waals surface area (Å²) in [6, 6.07) is 27.4. The van der Waals surface area contributed by atoms with E-state index < -0.39 is 8.07 Å². The Morgan fingerprint density at radius 1 is 0.840 bits per heavy atom. The number of hydrogen-bond donors (Lipinski definition) is 0. The lowest BCUT2D eigenvalue weighted by Gasteiger charge is -2.27. The van der Waals surface area contributed by atoms with Gasteiger partial charge < -0.3 is 4.74 Å². The zero-order chi connectivity index (χ0) is 17.7. The van der Waals surface area contributed by atoms with Crippen LogP contribution in [0.4, 0.5) is 4.39 Å². The minimum absolute atomic E-state index is 0.0712. The summed E-state index contributed by atoms with van der Waals surface area (Å²) in [4.78, 5) is 0. The second kappa shape index (κ2) is 7.49. The topological polar surface area (TPSA) is 9.23 Å². The highest BCUT2D eigenvalue weighted by Gasteiger charge is 2.37. The van der Waals surface area contributed by atoms with Gasteiger partial charge in [-0.1, -0.05) is 79.3 Å². The molecule has 1 nitrogen and oxygen atoms in total. The predicted octanol–water partition coefficient (Wildman–Crippen LogP) is 4.44. The van der Waals surface area contributed by atoms with Gasteiger partial charge in [0, 0.05) is 0 Å². The minimum Gasteiger partial charge on any atom is -0.497 e. The van der Waals surface area contributed by atoms with Crippen LogP contribution in [-0.2, 0) is 0 Å². The number of rotatable bonds is 5. The fourth-order valence-corrected chi connectivity index (χ4v) is 6.07. The first-order valence-corrected chi connectivity index (χ1v) is 10.8. The zero-order valence-electron chi connectivity index (χ0n) is 14.4. The van der Waals surface area contributed by atoms with Crippen molar-refractivity contribution in [1.82, 2.24) is 0 Å². The van der Waals surface area contributed by atoms with Gasteiger partial charge in [0.25, 0.3) is 0 Å². The zero-order valence-corrected chi connectivity index (χ0v) is 15.4. The van der Waals surface area contributed by atoms with Crippen LogP contribution >= 0.6 is 0 Å². The van der Waals surface area contributed by atoms with Gasteiger partial charge in [0.1, 0.15) is 5.75 Å². The lowest BCUT2D eigenvalue weighted by atomic mass is 10.2. The molecule has 0 saturated carbocycles. The third kappa shape index (κ3) is 3.56. The Hall–Kier alpha value is -2.65. The smallest absolute Gasteiger partial charge is 0.181 e. The molecule has 3 heteroatoms. The van der Waals surface area contributed by atoms with Crippen LogP contribution in [-0.4, -0.2) is 15.2 Å². The van der Waals surface area contributed by atoms with Crippen molar-refractivity contribution in [3.8, 4) is 5.75 Å². The van der Waals surface area contributed by atoms with E-state index in [0.29, 0.717) is 0 Å². The average molecular weight is 348 g/mol. The van der Waals surface area contributed by atoms with E-state index in [1.165, 1.54) is 0 Å². The summed E-state index contributed by atoms with van der Waals surface area (Å²) in [5, 5.41) is 2.11. The molecule has 3 aromatic carbocycles. The van der Waals surface area contributed by atoms with Crippen molar-refractivity contribution < 1.29 is 9.13 Å². The van der Waals surface area contributed by atoms with Gasteiger partial charge in [-0.05, 0) is 34.1 Å². The quantitative estimate of drug-likeness (QED) is 0.620. The Balaban J connectivity index is 2.13. The first kappa shape index (κ1) is 17.2. The number of ether oxygens (including phenoxy) is 1. The summed E-state index contributed by atoms with van der Waals surface area (Å²) in [6.07, 6.45) is 1.65. The van der Waals surface area contributed by atoms with Crippen LogP contribution in [0.1, 0.15) is 5.56 Å². The highest BCUT2D eigenvalue weighted by atomic mass is 28.3. The second-order valence-electron chi connectivity index (χ2n) is 6.13. The molecule has 0 N–H and O–H groups in total. The fraction of sp³-hybridized carbons (Fsp3) is 0.0909. The van der Waals surface area contributed by atoms with Gasteiger partial charge in [-0.2, -0.15) is 0 Å².